The number of benzene rings is 2. The smallest absolute Gasteiger partial charge is 0.282 e. The molecule has 1 fully saturated rings. The van der Waals surface area contributed by atoms with Gasteiger partial charge in [-0.1, -0.05) is 12.1 Å². The molecule has 3 aromatic rings. The van der Waals surface area contributed by atoms with Crippen LogP contribution in [0.2, 0.25) is 0 Å². The number of nitrogens with one attached hydrogen (secondary N) is 2. The number of methoxy groups -OCH3 is 1. The molecule has 4 bridgehead atoms. The molecule has 0 spiro atoms. The maximum atomic E-state index is 13.3. The number of nitrogens with zero attached hydrogens (tertiary/aromatic N) is 3. The molecule has 41 heavy (non-hydrogen) atoms. The van der Waals surface area contributed by atoms with Crippen LogP contribution in [0.5, 0.6) is 17.2 Å². The molecule has 3 aliphatic heterocycles. The molecular weight excluding hydrogens is 540 g/mol. The molecule has 2 N–H and O–H groups in total. The highest BCUT2D eigenvalue weighted by Gasteiger charge is 2.38. The summed E-state index contributed by atoms with van der Waals surface area (Å²) in [6, 6.07) is 12.3. The van der Waals surface area contributed by atoms with E-state index in [4.69, 9.17) is 14.2 Å². The summed E-state index contributed by atoms with van der Waals surface area (Å²) < 4.78 is 44.6. The van der Waals surface area contributed by atoms with E-state index in [1.807, 2.05) is 0 Å². The monoisotopic (exact) mass is 569 g/mol. The normalized spacial score (nSPS) is 19.1. The van der Waals surface area contributed by atoms with Crippen LogP contribution in [0.3, 0.4) is 0 Å². The molecule has 2 aromatic carbocycles. The minimum atomic E-state index is -2.74. The first-order valence-corrected chi connectivity index (χ1v) is 12.9. The van der Waals surface area contributed by atoms with Crippen molar-refractivity contribution in [2.45, 2.75) is 38.6 Å². The van der Waals surface area contributed by atoms with Crippen LogP contribution in [0, 0.1) is 6.92 Å². The molecule has 0 unspecified atom stereocenters. The molecular formula is C28H29F2N5O6. The summed E-state index contributed by atoms with van der Waals surface area (Å²) in [4.78, 5) is 40.3. The number of ether oxygens (including phenoxy) is 3. The standard InChI is InChI=1S/C28H29F2N5O6/c1-16-9-20(27(29)30)33-35(16)14-26(37)34-12-21-24(13-34)41-19-6-3-17(4-7-19)11-31-25(36)15-40-23-10-18(28(38)32-21)5-8-22(23)39-2/h3-10,21,24,27H,11-15H2,1-2H3,(H,31,36)(H,32,38)/t21-,24-/m0/s1. The summed E-state index contributed by atoms with van der Waals surface area (Å²) in [5.74, 6) is -0.0542. The quantitative estimate of drug-likeness (QED) is 0.494. The van der Waals surface area contributed by atoms with Crippen LogP contribution in [0.1, 0.15) is 33.7 Å². The number of hydrogen-bond acceptors (Lipinski definition) is 7. The Morgan fingerprint density at radius 2 is 1.93 bits per heavy atom. The van der Waals surface area contributed by atoms with Crippen molar-refractivity contribution in [3.8, 4) is 17.2 Å². The van der Waals surface area contributed by atoms with Gasteiger partial charge in [0, 0.05) is 24.3 Å². The van der Waals surface area contributed by atoms with Crippen molar-refractivity contribution in [1.82, 2.24) is 25.3 Å². The average molecular weight is 570 g/mol. The lowest BCUT2D eigenvalue weighted by atomic mass is 10.1. The average Bonchev–Trinajstić information content (AvgIpc) is 3.53. The molecule has 4 heterocycles. The van der Waals surface area contributed by atoms with Gasteiger partial charge in [0.15, 0.2) is 18.1 Å². The predicted molar refractivity (Wildman–Crippen MR) is 141 cm³/mol. The van der Waals surface area contributed by atoms with E-state index in [-0.39, 0.29) is 55.9 Å². The molecule has 3 amide bonds. The fourth-order valence-corrected chi connectivity index (χ4v) is 4.70. The van der Waals surface area contributed by atoms with E-state index < -0.39 is 30.2 Å². The van der Waals surface area contributed by atoms with Crippen LogP contribution in [-0.4, -0.2) is 71.4 Å². The van der Waals surface area contributed by atoms with Gasteiger partial charge in [0.05, 0.1) is 19.7 Å². The number of alkyl halides is 2. The molecule has 1 aromatic heterocycles. The van der Waals surface area contributed by atoms with Gasteiger partial charge in [0.25, 0.3) is 18.2 Å². The number of fused-ring (bicyclic) bond motifs is 7. The molecule has 11 nitrogen and oxygen atoms in total. The van der Waals surface area contributed by atoms with Crippen LogP contribution in [0.15, 0.2) is 48.5 Å². The highest BCUT2D eigenvalue weighted by atomic mass is 19.3. The van der Waals surface area contributed by atoms with Crippen molar-refractivity contribution in [3.05, 3.63) is 71.0 Å². The number of carbonyl (C=O) groups is 3. The lowest BCUT2D eigenvalue weighted by molar-refractivity contribution is -0.131. The van der Waals surface area contributed by atoms with Crippen LogP contribution in [0.25, 0.3) is 0 Å². The van der Waals surface area contributed by atoms with Crippen LogP contribution in [-0.2, 0) is 22.7 Å². The van der Waals surface area contributed by atoms with E-state index in [1.54, 1.807) is 43.3 Å². The molecule has 13 heteroatoms. The fourth-order valence-electron chi connectivity index (χ4n) is 4.70. The Morgan fingerprint density at radius 3 is 2.63 bits per heavy atom. The number of halogens is 2. The maximum Gasteiger partial charge on any atom is 0.282 e. The number of rotatable bonds is 4. The van der Waals surface area contributed by atoms with E-state index in [0.717, 1.165) is 5.56 Å². The third-order valence-electron chi connectivity index (χ3n) is 6.93. The minimum Gasteiger partial charge on any atom is -0.493 e. The van der Waals surface area contributed by atoms with Crippen molar-refractivity contribution in [3.63, 3.8) is 0 Å². The van der Waals surface area contributed by atoms with Crippen LogP contribution in [0.4, 0.5) is 8.78 Å². The number of amides is 3. The number of carbonyl (C=O) groups excluding carboxylic acids is 3. The third-order valence-corrected chi connectivity index (χ3v) is 6.93. The van der Waals surface area contributed by atoms with Crippen molar-refractivity contribution in [2.24, 2.45) is 0 Å². The van der Waals surface area contributed by atoms with Gasteiger partial charge in [-0.15, -0.1) is 0 Å². The van der Waals surface area contributed by atoms with Gasteiger partial charge in [0.1, 0.15) is 24.1 Å². The Hall–Kier alpha value is -4.68. The third kappa shape index (κ3) is 6.39. The van der Waals surface area contributed by atoms with Gasteiger partial charge in [0.2, 0.25) is 5.91 Å². The first-order chi connectivity index (χ1) is 19.7. The Morgan fingerprint density at radius 1 is 1.15 bits per heavy atom. The van der Waals surface area contributed by atoms with Crippen LogP contribution >= 0.6 is 0 Å². The zero-order valence-electron chi connectivity index (χ0n) is 22.4. The summed E-state index contributed by atoms with van der Waals surface area (Å²) >= 11 is 0. The van der Waals surface area contributed by atoms with Crippen LogP contribution < -0.4 is 24.8 Å². The second kappa shape index (κ2) is 11.8. The second-order valence-electron chi connectivity index (χ2n) is 9.78. The molecule has 216 valence electrons. The summed E-state index contributed by atoms with van der Waals surface area (Å²) in [5, 5.41) is 9.57. The van der Waals surface area contributed by atoms with E-state index in [2.05, 4.69) is 15.7 Å². The van der Waals surface area contributed by atoms with E-state index >= 15 is 0 Å². The summed E-state index contributed by atoms with van der Waals surface area (Å²) in [6.45, 7) is 1.65. The molecule has 6 rings (SSSR count). The van der Waals surface area contributed by atoms with E-state index in [9.17, 15) is 23.2 Å². The highest BCUT2D eigenvalue weighted by molar-refractivity contribution is 5.95. The molecule has 2 atom stereocenters. The van der Waals surface area contributed by atoms with Crippen molar-refractivity contribution in [2.75, 3.05) is 26.8 Å². The summed E-state index contributed by atoms with van der Waals surface area (Å²) in [7, 11) is 1.45. The SMILES string of the molecule is COc1ccc2cc1OCC(=O)NCc1ccc(cc1)O[C@H]1CN(C(=O)Cn3nc(C(F)F)cc3C)C[C@@H]1NC2=O. The minimum absolute atomic E-state index is 0.132. The number of hydrogen-bond donors (Lipinski definition) is 2. The predicted octanol–water partition coefficient (Wildman–Crippen LogP) is 2.23. The van der Waals surface area contributed by atoms with E-state index in [1.165, 1.54) is 28.8 Å². The lowest BCUT2D eigenvalue weighted by Gasteiger charge is -2.21. The largest absolute Gasteiger partial charge is 0.493 e. The van der Waals surface area contributed by atoms with Gasteiger partial charge < -0.3 is 29.7 Å². The Labute approximate surface area is 234 Å². The highest BCUT2D eigenvalue weighted by Crippen LogP contribution is 2.29. The fraction of sp³-hybridized carbons (Fsp3) is 0.357. The zero-order valence-corrected chi connectivity index (χ0v) is 22.4. The number of aromatic nitrogens is 2. The second-order valence-corrected chi connectivity index (χ2v) is 9.78. The summed E-state index contributed by atoms with van der Waals surface area (Å²) in [6.07, 6.45) is -3.34. The van der Waals surface area contributed by atoms with Gasteiger partial charge >= 0.3 is 0 Å². The lowest BCUT2D eigenvalue weighted by Crippen LogP contribution is -2.45. The molecule has 0 aliphatic carbocycles. The number of likely N-dealkylation sites (tertiary alicyclic amines) is 1. The molecule has 0 radical (unpaired) electrons. The topological polar surface area (TPSA) is 124 Å². The van der Waals surface area contributed by atoms with E-state index in [0.29, 0.717) is 17.2 Å². The molecule has 3 aliphatic rings. The van der Waals surface area contributed by atoms with Gasteiger partial charge in [-0.25, -0.2) is 8.78 Å². The number of aryl methyl sites for hydroxylation is 1. The van der Waals surface area contributed by atoms with Gasteiger partial charge in [-0.3, -0.25) is 19.1 Å². The van der Waals surface area contributed by atoms with Gasteiger partial charge in [-0.2, -0.15) is 5.10 Å². The Balaban J connectivity index is 1.40. The Bertz CT molecular complexity index is 1440. The zero-order chi connectivity index (χ0) is 29.1. The Kier molecular flexibility index (Phi) is 8.04. The van der Waals surface area contributed by atoms with Crippen molar-refractivity contribution in [1.29, 1.82) is 0 Å². The molecule has 1 saturated heterocycles. The first kappa shape index (κ1) is 27.9. The summed E-state index contributed by atoms with van der Waals surface area (Å²) in [5.41, 5.74) is 1.13. The van der Waals surface area contributed by atoms with Gasteiger partial charge in [-0.05, 0) is 48.9 Å². The van der Waals surface area contributed by atoms with Crippen molar-refractivity contribution >= 4 is 17.7 Å². The first-order valence-electron chi connectivity index (χ1n) is 12.9. The van der Waals surface area contributed by atoms with Crippen molar-refractivity contribution < 1.29 is 37.4 Å². The maximum absolute atomic E-state index is 13.3. The molecule has 0 saturated carbocycles.